The minimum Gasteiger partial charge on any atom is -0.315 e. The molecule has 1 aromatic carbocycles. The molecule has 24 heavy (non-hydrogen) atoms. The normalized spacial score (nSPS) is 27.0. The van der Waals surface area contributed by atoms with Crippen molar-refractivity contribution < 1.29 is 13.2 Å². The highest BCUT2D eigenvalue weighted by molar-refractivity contribution is 8.16. The maximum absolute atomic E-state index is 12.1. The van der Waals surface area contributed by atoms with E-state index in [2.05, 4.69) is 4.99 Å². The number of fused-ring (bicyclic) bond motifs is 1. The first-order valence-electron chi connectivity index (χ1n) is 7.73. The fraction of sp³-hybridized carbons (Fsp3) is 0.500. The standard InChI is InChI=1S/C16H19ClN2O3S2/c1-9(2)15(20)18-16-19(12-6-4-5-11(17)10(12)3)13-7-24(21,22)8-14(13)23-16/h4-6,9,13-14H,7-8H2,1-3H3/t13-,14+/m0/s1. The molecule has 2 heterocycles. The summed E-state index contributed by atoms with van der Waals surface area (Å²) in [6, 6.07) is 5.30. The molecule has 0 bridgehead atoms. The molecule has 0 N–H and O–H groups in total. The maximum Gasteiger partial charge on any atom is 0.250 e. The van der Waals surface area contributed by atoms with Gasteiger partial charge in [-0.15, -0.1) is 0 Å². The van der Waals surface area contributed by atoms with Crippen LogP contribution in [0.15, 0.2) is 23.2 Å². The monoisotopic (exact) mass is 386 g/mol. The summed E-state index contributed by atoms with van der Waals surface area (Å²) in [5.74, 6) is -0.214. The van der Waals surface area contributed by atoms with Crippen LogP contribution in [0.3, 0.4) is 0 Å². The Bertz CT molecular complexity index is 821. The lowest BCUT2D eigenvalue weighted by atomic mass is 10.1. The smallest absolute Gasteiger partial charge is 0.250 e. The van der Waals surface area contributed by atoms with Gasteiger partial charge in [-0.1, -0.05) is 43.3 Å². The van der Waals surface area contributed by atoms with Gasteiger partial charge >= 0.3 is 0 Å². The molecule has 1 amide bonds. The molecule has 0 spiro atoms. The average Bonchev–Trinajstić information content (AvgIpc) is 2.93. The minimum absolute atomic E-state index is 0.0749. The van der Waals surface area contributed by atoms with Crippen LogP contribution in [-0.2, 0) is 14.6 Å². The highest BCUT2D eigenvalue weighted by Gasteiger charge is 2.49. The Balaban J connectivity index is 2.08. The molecule has 0 saturated carbocycles. The Morgan fingerprint density at radius 1 is 1.38 bits per heavy atom. The van der Waals surface area contributed by atoms with Crippen LogP contribution >= 0.6 is 23.4 Å². The van der Waals surface area contributed by atoms with Crippen LogP contribution < -0.4 is 4.90 Å². The van der Waals surface area contributed by atoms with E-state index in [1.165, 1.54) is 11.8 Å². The number of benzene rings is 1. The number of carbonyl (C=O) groups is 1. The molecule has 2 aliphatic rings. The van der Waals surface area contributed by atoms with Crippen molar-refractivity contribution >= 4 is 50.0 Å². The summed E-state index contributed by atoms with van der Waals surface area (Å²) in [5, 5.41) is 1.08. The van der Waals surface area contributed by atoms with Crippen molar-refractivity contribution in [2.24, 2.45) is 10.9 Å². The maximum atomic E-state index is 12.1. The fourth-order valence-electron chi connectivity index (χ4n) is 2.93. The van der Waals surface area contributed by atoms with E-state index in [-0.39, 0.29) is 34.6 Å². The molecule has 2 aliphatic heterocycles. The van der Waals surface area contributed by atoms with Gasteiger partial charge in [0.15, 0.2) is 15.0 Å². The molecule has 2 fully saturated rings. The number of aliphatic imine (C=N–C) groups is 1. The molecule has 0 unspecified atom stereocenters. The fourth-order valence-corrected chi connectivity index (χ4v) is 7.01. The lowest BCUT2D eigenvalue weighted by molar-refractivity contribution is -0.120. The third kappa shape index (κ3) is 3.21. The molecule has 0 aliphatic carbocycles. The summed E-state index contributed by atoms with van der Waals surface area (Å²) in [6.07, 6.45) is 0. The molecule has 2 atom stereocenters. The number of amidine groups is 1. The van der Waals surface area contributed by atoms with Crippen LogP contribution in [0, 0.1) is 12.8 Å². The summed E-state index contributed by atoms with van der Waals surface area (Å²) in [4.78, 5) is 18.3. The van der Waals surface area contributed by atoms with Crippen LogP contribution in [0.5, 0.6) is 0 Å². The molecular weight excluding hydrogens is 368 g/mol. The van der Waals surface area contributed by atoms with Gasteiger partial charge < -0.3 is 4.90 Å². The largest absolute Gasteiger partial charge is 0.315 e. The van der Waals surface area contributed by atoms with Gasteiger partial charge in [0.1, 0.15) is 0 Å². The van der Waals surface area contributed by atoms with Crippen LogP contribution in [-0.4, -0.2) is 42.3 Å². The Labute approximate surface area is 151 Å². The first-order chi connectivity index (χ1) is 11.2. The second-order valence-electron chi connectivity index (χ2n) is 6.44. The zero-order valence-electron chi connectivity index (χ0n) is 13.7. The van der Waals surface area contributed by atoms with Gasteiger partial charge in [-0.05, 0) is 24.6 Å². The number of rotatable bonds is 2. The van der Waals surface area contributed by atoms with Gasteiger partial charge in [0.2, 0.25) is 0 Å². The van der Waals surface area contributed by atoms with Crippen LogP contribution in [0.2, 0.25) is 5.02 Å². The lowest BCUT2D eigenvalue weighted by Crippen LogP contribution is -2.38. The molecule has 1 aromatic rings. The number of thioether (sulfide) groups is 1. The zero-order valence-corrected chi connectivity index (χ0v) is 16.1. The number of amides is 1. The van der Waals surface area contributed by atoms with Crippen molar-refractivity contribution in [1.82, 2.24) is 0 Å². The second-order valence-corrected chi connectivity index (χ2v) is 10.2. The Hall–Kier alpha value is -1.05. The molecular formula is C16H19ClN2O3S2. The SMILES string of the molecule is Cc1c(Cl)cccc1N1C(=NC(=O)C(C)C)S[C@@H]2CS(=O)(=O)C[C@@H]21. The van der Waals surface area contributed by atoms with E-state index in [0.717, 1.165) is 11.3 Å². The quantitative estimate of drug-likeness (QED) is 0.781. The number of hydrogen-bond donors (Lipinski definition) is 0. The number of nitrogens with zero attached hydrogens (tertiary/aromatic N) is 2. The van der Waals surface area contributed by atoms with Crippen LogP contribution in [0.4, 0.5) is 5.69 Å². The highest BCUT2D eigenvalue weighted by Crippen LogP contribution is 2.42. The van der Waals surface area contributed by atoms with E-state index in [1.54, 1.807) is 19.9 Å². The van der Waals surface area contributed by atoms with Crippen molar-refractivity contribution in [1.29, 1.82) is 0 Å². The van der Waals surface area contributed by atoms with Crippen LogP contribution in [0.25, 0.3) is 0 Å². The minimum atomic E-state index is -3.07. The highest BCUT2D eigenvalue weighted by atomic mass is 35.5. The zero-order chi connectivity index (χ0) is 17.6. The number of sulfone groups is 1. The summed E-state index contributed by atoms with van der Waals surface area (Å²) in [7, 11) is -3.07. The molecule has 130 valence electrons. The molecule has 8 heteroatoms. The van der Waals surface area contributed by atoms with E-state index in [0.29, 0.717) is 10.2 Å². The third-order valence-electron chi connectivity index (χ3n) is 4.26. The van der Waals surface area contributed by atoms with E-state index in [9.17, 15) is 13.2 Å². The van der Waals surface area contributed by atoms with Crippen molar-refractivity contribution in [2.75, 3.05) is 16.4 Å². The number of hydrogen-bond acceptors (Lipinski definition) is 4. The van der Waals surface area contributed by atoms with E-state index < -0.39 is 9.84 Å². The number of halogens is 1. The Morgan fingerprint density at radius 3 is 2.75 bits per heavy atom. The number of carbonyl (C=O) groups excluding carboxylic acids is 1. The summed E-state index contributed by atoms with van der Waals surface area (Å²) >= 11 is 7.62. The van der Waals surface area contributed by atoms with Gasteiger partial charge in [0, 0.05) is 21.9 Å². The van der Waals surface area contributed by atoms with Crippen molar-refractivity contribution in [3.05, 3.63) is 28.8 Å². The van der Waals surface area contributed by atoms with Crippen LogP contribution in [0.1, 0.15) is 19.4 Å². The van der Waals surface area contributed by atoms with E-state index in [1.807, 2.05) is 24.0 Å². The van der Waals surface area contributed by atoms with Gasteiger partial charge in [0.25, 0.3) is 5.91 Å². The summed E-state index contributed by atoms with van der Waals surface area (Å²) < 4.78 is 24.1. The van der Waals surface area contributed by atoms with Crippen molar-refractivity contribution in [3.8, 4) is 0 Å². The predicted molar refractivity (Wildman–Crippen MR) is 99.8 cm³/mol. The van der Waals surface area contributed by atoms with Gasteiger partial charge in [-0.2, -0.15) is 4.99 Å². The van der Waals surface area contributed by atoms with Crippen molar-refractivity contribution in [3.63, 3.8) is 0 Å². The second kappa shape index (κ2) is 6.35. The topological polar surface area (TPSA) is 66.8 Å². The molecule has 2 saturated heterocycles. The molecule has 3 rings (SSSR count). The molecule has 0 aromatic heterocycles. The molecule has 5 nitrogen and oxygen atoms in total. The summed E-state index contributed by atoms with van der Waals surface area (Å²) in [5.41, 5.74) is 1.67. The lowest BCUT2D eigenvalue weighted by Gasteiger charge is -2.26. The average molecular weight is 387 g/mol. The Morgan fingerprint density at radius 2 is 2.08 bits per heavy atom. The van der Waals surface area contributed by atoms with Crippen molar-refractivity contribution in [2.45, 2.75) is 32.1 Å². The van der Waals surface area contributed by atoms with Gasteiger partial charge in [0.05, 0.1) is 17.5 Å². The van der Waals surface area contributed by atoms with E-state index in [4.69, 9.17) is 11.6 Å². The van der Waals surface area contributed by atoms with E-state index >= 15 is 0 Å². The Kier molecular flexibility index (Phi) is 4.70. The van der Waals surface area contributed by atoms with Gasteiger partial charge in [-0.3, -0.25) is 4.79 Å². The third-order valence-corrected chi connectivity index (χ3v) is 7.88. The predicted octanol–water partition coefficient (Wildman–Crippen LogP) is 2.91. The summed E-state index contributed by atoms with van der Waals surface area (Å²) in [6.45, 7) is 5.49. The first-order valence-corrected chi connectivity index (χ1v) is 10.8. The first kappa shape index (κ1) is 17.8. The molecule has 0 radical (unpaired) electrons. The van der Waals surface area contributed by atoms with Gasteiger partial charge in [-0.25, -0.2) is 8.42 Å². The number of anilines is 1.